The normalized spacial score (nSPS) is 22.0. The predicted molar refractivity (Wildman–Crippen MR) is 137 cm³/mol. The van der Waals surface area contributed by atoms with Gasteiger partial charge >= 0.3 is 12.1 Å². The first-order chi connectivity index (χ1) is 19.5. The Hall–Kier alpha value is -2.30. The molecular formula is C27H40F3NO10. The number of aliphatic hydroxyl groups is 3. The van der Waals surface area contributed by atoms with Gasteiger partial charge in [0, 0.05) is 6.42 Å². The first-order valence-electron chi connectivity index (χ1n) is 13.5. The summed E-state index contributed by atoms with van der Waals surface area (Å²) in [5.74, 6) is -0.846. The lowest BCUT2D eigenvalue weighted by atomic mass is 9.86. The van der Waals surface area contributed by atoms with Crippen molar-refractivity contribution in [1.82, 2.24) is 5.39 Å². The number of rotatable bonds is 19. The van der Waals surface area contributed by atoms with Crippen LogP contribution in [0.4, 0.5) is 13.2 Å². The topological polar surface area (TPSA) is 158 Å². The van der Waals surface area contributed by atoms with Crippen molar-refractivity contribution in [3.63, 3.8) is 0 Å². The van der Waals surface area contributed by atoms with Crippen LogP contribution in [-0.4, -0.2) is 88.4 Å². The summed E-state index contributed by atoms with van der Waals surface area (Å²) in [5, 5.41) is 47.4. The molecule has 1 aliphatic carbocycles. The molecule has 0 saturated heterocycles. The smallest absolute Gasteiger partial charge is 0.416 e. The summed E-state index contributed by atoms with van der Waals surface area (Å²) < 4.78 is 54.0. The summed E-state index contributed by atoms with van der Waals surface area (Å²) in [6.45, 7) is 0.0181. The number of allylic oxidation sites excluding steroid dienone is 2. The van der Waals surface area contributed by atoms with Gasteiger partial charge in [-0.25, -0.2) is 4.84 Å². The highest BCUT2D eigenvalue weighted by Crippen LogP contribution is 2.38. The highest BCUT2D eigenvalue weighted by Gasteiger charge is 2.40. The first-order valence-corrected chi connectivity index (χ1v) is 13.5. The number of benzene rings is 1. The largest absolute Gasteiger partial charge is 0.491 e. The number of nitrogens with zero attached hydrogens (tertiary/aromatic N) is 1. The molecule has 0 spiro atoms. The van der Waals surface area contributed by atoms with Gasteiger partial charge in [-0.15, -0.1) is 0 Å². The molecule has 5 atom stereocenters. The van der Waals surface area contributed by atoms with Crippen LogP contribution in [0.2, 0.25) is 0 Å². The molecule has 5 N–H and O–H groups in total. The number of carbonyl (C=O) groups excluding carboxylic acids is 1. The van der Waals surface area contributed by atoms with E-state index in [4.69, 9.17) is 24.6 Å². The third-order valence-corrected chi connectivity index (χ3v) is 6.71. The molecule has 0 aliphatic heterocycles. The highest BCUT2D eigenvalue weighted by atomic mass is 19.4. The van der Waals surface area contributed by atoms with Gasteiger partial charge in [0.1, 0.15) is 19.0 Å². The number of alkyl halides is 3. The van der Waals surface area contributed by atoms with Crippen molar-refractivity contribution in [1.29, 1.82) is 0 Å². The lowest BCUT2D eigenvalue weighted by Gasteiger charge is -2.23. The fraction of sp³-hybridized carbons (Fsp3) is 0.667. The number of esters is 1. The molecule has 1 aromatic rings. The number of ether oxygens (including phenoxy) is 3. The van der Waals surface area contributed by atoms with E-state index >= 15 is 0 Å². The second kappa shape index (κ2) is 18.3. The molecule has 14 heteroatoms. The molecule has 0 unspecified atom stereocenters. The van der Waals surface area contributed by atoms with Crippen LogP contribution >= 0.6 is 0 Å². The minimum Gasteiger partial charge on any atom is -0.491 e. The average molecular weight is 596 g/mol. The van der Waals surface area contributed by atoms with Gasteiger partial charge in [0.05, 0.1) is 49.1 Å². The van der Waals surface area contributed by atoms with Gasteiger partial charge in [-0.2, -0.15) is 13.2 Å². The number of aliphatic hydroxyl groups excluding tert-OH is 3. The molecule has 11 nitrogen and oxygen atoms in total. The number of hydrogen-bond donors (Lipinski definition) is 5. The molecular weight excluding hydrogens is 555 g/mol. The first kappa shape index (κ1) is 34.9. The predicted octanol–water partition coefficient (Wildman–Crippen LogP) is 3.27. The maximum absolute atomic E-state index is 12.9. The molecule has 0 aromatic heterocycles. The molecule has 1 aromatic carbocycles. The fourth-order valence-electron chi connectivity index (χ4n) is 4.63. The van der Waals surface area contributed by atoms with Crippen LogP contribution in [0, 0.1) is 11.8 Å². The van der Waals surface area contributed by atoms with E-state index in [1.165, 1.54) is 12.1 Å². The van der Waals surface area contributed by atoms with Gasteiger partial charge in [0.15, 0.2) is 0 Å². The second-order valence-electron chi connectivity index (χ2n) is 9.78. The van der Waals surface area contributed by atoms with E-state index in [-0.39, 0.29) is 75.9 Å². The summed E-state index contributed by atoms with van der Waals surface area (Å²) in [6.07, 6.45) is -0.303. The Morgan fingerprint density at radius 2 is 1.80 bits per heavy atom. The molecule has 2 rings (SSSR count). The summed E-state index contributed by atoms with van der Waals surface area (Å²) in [4.78, 5) is 16.1. The van der Waals surface area contributed by atoms with Crippen LogP contribution in [0.3, 0.4) is 0 Å². The minimum atomic E-state index is -4.49. The van der Waals surface area contributed by atoms with E-state index < -0.39 is 35.4 Å². The summed E-state index contributed by atoms with van der Waals surface area (Å²) in [5.41, 5.74) is -0.839. The summed E-state index contributed by atoms with van der Waals surface area (Å²) in [7, 11) is 0. The Labute approximate surface area is 236 Å². The summed E-state index contributed by atoms with van der Waals surface area (Å²) in [6, 6.07) is 4.42. The van der Waals surface area contributed by atoms with E-state index in [9.17, 15) is 33.3 Å². The standard InChI is InChI=1S/C27H40F3NO10/c28-27(29,30)19-6-5-7-21(16-19)40-18-20(32)10-11-23-22(24(33)17-25(23)34)8-3-1-2-4-9-26(35)39-14-12-38-13-15-41-31(36)37/h1,3,5-7,16,20,22-25,32-34,36-37H,2,4,8-15,17-18H2/b3-1-/t20-,22-,23-,24+,25-/m1/s1. The zero-order chi connectivity index (χ0) is 30.3. The quantitative estimate of drug-likeness (QED) is 0.0692. The Kier molecular flexibility index (Phi) is 15.6. The van der Waals surface area contributed by atoms with E-state index in [1.54, 1.807) is 0 Å². The third-order valence-electron chi connectivity index (χ3n) is 6.71. The number of unbranched alkanes of at least 4 members (excludes halogenated alkanes) is 1. The molecule has 234 valence electrons. The lowest BCUT2D eigenvalue weighted by molar-refractivity contribution is -0.493. The van der Waals surface area contributed by atoms with E-state index in [2.05, 4.69) is 4.84 Å². The van der Waals surface area contributed by atoms with Crippen LogP contribution in [-0.2, 0) is 25.3 Å². The third kappa shape index (κ3) is 13.9. The highest BCUT2D eigenvalue weighted by molar-refractivity contribution is 5.69. The number of hydrogen-bond acceptors (Lipinski definition) is 11. The van der Waals surface area contributed by atoms with Crippen LogP contribution in [0.15, 0.2) is 36.4 Å². The Balaban J connectivity index is 1.63. The maximum atomic E-state index is 12.9. The van der Waals surface area contributed by atoms with Crippen molar-refractivity contribution < 1.29 is 62.7 Å². The lowest BCUT2D eigenvalue weighted by Crippen LogP contribution is -2.25. The second-order valence-corrected chi connectivity index (χ2v) is 9.78. The van der Waals surface area contributed by atoms with E-state index in [1.807, 2.05) is 12.2 Å². The Morgan fingerprint density at radius 1 is 1.07 bits per heavy atom. The zero-order valence-corrected chi connectivity index (χ0v) is 22.7. The van der Waals surface area contributed by atoms with Crippen molar-refractivity contribution >= 4 is 5.97 Å². The molecule has 0 bridgehead atoms. The van der Waals surface area contributed by atoms with Crippen molar-refractivity contribution in [3.05, 3.63) is 42.0 Å². The molecule has 0 amide bonds. The van der Waals surface area contributed by atoms with Gasteiger partial charge in [0.2, 0.25) is 0 Å². The van der Waals surface area contributed by atoms with Crippen LogP contribution < -0.4 is 4.74 Å². The summed E-state index contributed by atoms with van der Waals surface area (Å²) >= 11 is 0. The van der Waals surface area contributed by atoms with Crippen LogP contribution in [0.25, 0.3) is 0 Å². The number of halogens is 3. The molecule has 1 fully saturated rings. The van der Waals surface area contributed by atoms with Crippen LogP contribution in [0.5, 0.6) is 5.75 Å². The van der Waals surface area contributed by atoms with Gasteiger partial charge in [-0.1, -0.05) is 18.2 Å². The van der Waals surface area contributed by atoms with E-state index in [0.29, 0.717) is 25.7 Å². The fourth-order valence-corrected chi connectivity index (χ4v) is 4.63. The van der Waals surface area contributed by atoms with E-state index in [0.717, 1.165) is 12.1 Å². The monoisotopic (exact) mass is 595 g/mol. The van der Waals surface area contributed by atoms with Crippen molar-refractivity contribution in [2.75, 3.05) is 33.0 Å². The van der Waals surface area contributed by atoms with Crippen molar-refractivity contribution in [3.8, 4) is 5.75 Å². The van der Waals surface area contributed by atoms with Crippen LogP contribution in [0.1, 0.15) is 50.5 Å². The van der Waals surface area contributed by atoms with Crippen molar-refractivity contribution in [2.24, 2.45) is 11.8 Å². The Bertz CT molecular complexity index is 918. The minimum absolute atomic E-state index is 0.00203. The number of carbonyl (C=O) groups is 1. The zero-order valence-electron chi connectivity index (χ0n) is 22.7. The molecule has 41 heavy (non-hydrogen) atoms. The van der Waals surface area contributed by atoms with Gasteiger partial charge in [-0.05, 0) is 68.6 Å². The van der Waals surface area contributed by atoms with Gasteiger partial charge < -0.3 is 29.5 Å². The Morgan fingerprint density at radius 3 is 2.54 bits per heavy atom. The van der Waals surface area contributed by atoms with Gasteiger partial charge in [-0.3, -0.25) is 15.2 Å². The molecule has 0 radical (unpaired) electrons. The average Bonchev–Trinajstić information content (AvgIpc) is 3.18. The molecule has 1 aliphatic rings. The van der Waals surface area contributed by atoms with Gasteiger partial charge in [0.25, 0.3) is 0 Å². The SMILES string of the molecule is O=C(CCC/C=C\C[C@@H]1[C@@H](CC[C@@H](O)COc2cccc(C(F)(F)F)c2)[C@H](O)C[C@@H]1O)OCCOCCON(O)O. The molecule has 1 saturated carbocycles. The van der Waals surface area contributed by atoms with Crippen molar-refractivity contribution in [2.45, 2.75) is 69.4 Å². The molecule has 0 heterocycles. The maximum Gasteiger partial charge on any atom is 0.416 e.